The number of aryl methyl sites for hydroxylation is 2. The maximum atomic E-state index is 5.81. The number of aromatic nitrogens is 2. The highest BCUT2D eigenvalue weighted by Gasteiger charge is 2.41. The van der Waals surface area contributed by atoms with Gasteiger partial charge in [0.05, 0.1) is 30.6 Å². The van der Waals surface area contributed by atoms with Crippen molar-refractivity contribution in [3.05, 3.63) is 107 Å². The van der Waals surface area contributed by atoms with Crippen LogP contribution in [0.15, 0.2) is 77.5 Å². The molecule has 6 heteroatoms. The molecule has 1 aliphatic rings. The predicted octanol–water partition coefficient (Wildman–Crippen LogP) is 5.82. The number of nitrogens with zero attached hydrogens (tertiary/aromatic N) is 3. The number of hydrogen-bond donors (Lipinski definition) is 1. The third-order valence-electron chi connectivity index (χ3n) is 6.50. The highest BCUT2D eigenvalue weighted by atomic mass is 32.1. The zero-order valence-electron chi connectivity index (χ0n) is 19.2. The van der Waals surface area contributed by atoms with E-state index in [9.17, 15) is 0 Å². The van der Waals surface area contributed by atoms with E-state index < -0.39 is 0 Å². The second-order valence-electron chi connectivity index (χ2n) is 8.52. The Bertz CT molecular complexity index is 1250. The zero-order chi connectivity index (χ0) is 22.9. The van der Waals surface area contributed by atoms with Gasteiger partial charge < -0.3 is 19.2 Å². The van der Waals surface area contributed by atoms with Crippen LogP contribution >= 0.6 is 12.2 Å². The summed E-state index contributed by atoms with van der Waals surface area (Å²) in [5.41, 5.74) is 7.13. The van der Waals surface area contributed by atoms with Gasteiger partial charge in [-0.25, -0.2) is 0 Å². The molecule has 1 N–H and O–H groups in total. The topological polar surface area (TPSA) is 46.2 Å². The summed E-state index contributed by atoms with van der Waals surface area (Å²) in [4.78, 5) is 6.88. The molecule has 2 atom stereocenters. The van der Waals surface area contributed by atoms with E-state index in [4.69, 9.17) is 16.6 Å². The van der Waals surface area contributed by atoms with E-state index in [-0.39, 0.29) is 12.1 Å². The SMILES string of the molecule is CCc1ccc(-n2c(C)cc([C@@H]3[C@@H](c4ccccn4)NC(=S)N3Cc3ccco3)c2C)cc1. The van der Waals surface area contributed by atoms with Crippen LogP contribution in [-0.4, -0.2) is 19.6 Å². The van der Waals surface area contributed by atoms with Crippen LogP contribution in [0.4, 0.5) is 0 Å². The first-order valence-corrected chi connectivity index (χ1v) is 11.8. The standard InChI is InChI=1S/C27H28N4OS/c1-4-20-10-12-21(13-11-20)31-18(2)16-23(19(31)3)26-25(24-9-5-6-14-28-24)29-27(33)30(26)17-22-8-7-15-32-22/h5-16,25-26H,4,17H2,1-3H3,(H,29,33)/t25-,26-/m1/s1. The fraction of sp³-hybridized carbons (Fsp3) is 0.259. The summed E-state index contributed by atoms with van der Waals surface area (Å²) >= 11 is 5.81. The second kappa shape index (κ2) is 8.87. The summed E-state index contributed by atoms with van der Waals surface area (Å²) in [5.74, 6) is 0.884. The summed E-state index contributed by atoms with van der Waals surface area (Å²) in [7, 11) is 0. The molecule has 0 saturated carbocycles. The average molecular weight is 457 g/mol. The van der Waals surface area contributed by atoms with Crippen molar-refractivity contribution in [2.45, 2.75) is 45.8 Å². The van der Waals surface area contributed by atoms with Crippen LogP contribution in [-0.2, 0) is 13.0 Å². The van der Waals surface area contributed by atoms with Gasteiger partial charge in [-0.2, -0.15) is 0 Å². The van der Waals surface area contributed by atoms with Gasteiger partial charge in [0.15, 0.2) is 5.11 Å². The van der Waals surface area contributed by atoms with E-state index in [0.29, 0.717) is 11.7 Å². The Balaban J connectivity index is 1.60. The molecule has 0 bridgehead atoms. The van der Waals surface area contributed by atoms with Crippen molar-refractivity contribution < 1.29 is 4.42 Å². The molecule has 0 aliphatic carbocycles. The number of rotatable bonds is 6. The molecule has 5 rings (SSSR count). The first-order valence-electron chi connectivity index (χ1n) is 11.4. The molecular formula is C27H28N4OS. The number of thiocarbonyl (C=S) groups is 1. The quantitative estimate of drug-likeness (QED) is 0.371. The van der Waals surface area contributed by atoms with E-state index in [1.54, 1.807) is 6.26 Å². The highest BCUT2D eigenvalue weighted by molar-refractivity contribution is 7.80. The van der Waals surface area contributed by atoms with Gasteiger partial charge in [0.25, 0.3) is 0 Å². The van der Waals surface area contributed by atoms with Gasteiger partial charge in [-0.1, -0.05) is 25.1 Å². The van der Waals surface area contributed by atoms with Crippen molar-refractivity contribution in [2.75, 3.05) is 0 Å². The summed E-state index contributed by atoms with van der Waals surface area (Å²) < 4.78 is 8.00. The van der Waals surface area contributed by atoms with Crippen LogP contribution < -0.4 is 5.32 Å². The maximum Gasteiger partial charge on any atom is 0.170 e. The van der Waals surface area contributed by atoms with E-state index in [1.807, 2.05) is 30.5 Å². The molecule has 1 aromatic carbocycles. The number of pyridine rings is 1. The van der Waals surface area contributed by atoms with E-state index in [0.717, 1.165) is 17.9 Å². The molecule has 3 aromatic heterocycles. The largest absolute Gasteiger partial charge is 0.467 e. The first-order chi connectivity index (χ1) is 16.1. The van der Waals surface area contributed by atoms with Crippen molar-refractivity contribution in [3.63, 3.8) is 0 Å². The molecule has 0 spiro atoms. The van der Waals surface area contributed by atoms with Crippen LogP contribution in [0.3, 0.4) is 0 Å². The predicted molar refractivity (Wildman–Crippen MR) is 134 cm³/mol. The zero-order valence-corrected chi connectivity index (χ0v) is 20.0. The lowest BCUT2D eigenvalue weighted by Gasteiger charge is -2.27. The second-order valence-corrected chi connectivity index (χ2v) is 8.90. The third kappa shape index (κ3) is 3.95. The van der Waals surface area contributed by atoms with Crippen molar-refractivity contribution in [1.82, 2.24) is 19.8 Å². The smallest absolute Gasteiger partial charge is 0.170 e. The lowest BCUT2D eigenvalue weighted by Crippen LogP contribution is -2.29. The Morgan fingerprint density at radius 3 is 2.55 bits per heavy atom. The van der Waals surface area contributed by atoms with Crippen LogP contribution in [0.5, 0.6) is 0 Å². The molecule has 4 aromatic rings. The molecule has 1 saturated heterocycles. The molecule has 5 nitrogen and oxygen atoms in total. The lowest BCUT2D eigenvalue weighted by atomic mass is 9.96. The van der Waals surface area contributed by atoms with E-state index in [2.05, 4.69) is 76.9 Å². The van der Waals surface area contributed by atoms with E-state index >= 15 is 0 Å². The molecule has 0 radical (unpaired) electrons. The van der Waals surface area contributed by atoms with Crippen LogP contribution in [0.25, 0.3) is 5.69 Å². The number of nitrogens with one attached hydrogen (secondary N) is 1. The van der Waals surface area contributed by atoms with Gasteiger partial charge in [-0.05, 0) is 86.1 Å². The highest BCUT2D eigenvalue weighted by Crippen LogP contribution is 2.42. The third-order valence-corrected chi connectivity index (χ3v) is 6.85. The Morgan fingerprint density at radius 1 is 1.06 bits per heavy atom. The molecule has 168 valence electrons. The fourth-order valence-corrected chi connectivity index (χ4v) is 5.15. The van der Waals surface area contributed by atoms with Gasteiger partial charge in [0.2, 0.25) is 0 Å². The Kier molecular flexibility index (Phi) is 5.77. The molecular weight excluding hydrogens is 428 g/mol. The van der Waals surface area contributed by atoms with Crippen LogP contribution in [0, 0.1) is 13.8 Å². The van der Waals surface area contributed by atoms with E-state index in [1.165, 1.54) is 28.2 Å². The van der Waals surface area contributed by atoms with Gasteiger partial charge in [0.1, 0.15) is 5.76 Å². The Labute approximate surface area is 200 Å². The van der Waals surface area contributed by atoms with Crippen molar-refractivity contribution >= 4 is 17.3 Å². The molecule has 1 fully saturated rings. The maximum absolute atomic E-state index is 5.81. The molecule has 4 heterocycles. The summed E-state index contributed by atoms with van der Waals surface area (Å²) in [6.45, 7) is 7.14. The van der Waals surface area contributed by atoms with Crippen molar-refractivity contribution in [1.29, 1.82) is 0 Å². The Morgan fingerprint density at radius 2 is 1.88 bits per heavy atom. The van der Waals surface area contributed by atoms with Gasteiger partial charge in [0, 0.05) is 23.3 Å². The number of furan rings is 1. The van der Waals surface area contributed by atoms with Gasteiger partial charge >= 0.3 is 0 Å². The lowest BCUT2D eigenvalue weighted by molar-refractivity contribution is 0.286. The summed E-state index contributed by atoms with van der Waals surface area (Å²) in [6, 6.07) is 21.0. The molecule has 1 aliphatic heterocycles. The van der Waals surface area contributed by atoms with Crippen molar-refractivity contribution in [3.8, 4) is 5.69 Å². The summed E-state index contributed by atoms with van der Waals surface area (Å²) in [6.07, 6.45) is 4.58. The fourth-order valence-electron chi connectivity index (χ4n) is 4.85. The normalized spacial score (nSPS) is 18.0. The molecule has 0 amide bonds. The number of hydrogen-bond acceptors (Lipinski definition) is 3. The minimum Gasteiger partial charge on any atom is -0.467 e. The van der Waals surface area contributed by atoms with Crippen LogP contribution in [0.1, 0.15) is 53.0 Å². The summed E-state index contributed by atoms with van der Waals surface area (Å²) in [5, 5.41) is 4.25. The van der Waals surface area contributed by atoms with Gasteiger partial charge in [-0.3, -0.25) is 4.98 Å². The first kappa shape index (κ1) is 21.5. The minimum absolute atomic E-state index is 0.00707. The minimum atomic E-state index is -0.0509. The Hall–Kier alpha value is -3.38. The van der Waals surface area contributed by atoms with Crippen molar-refractivity contribution in [2.24, 2.45) is 0 Å². The van der Waals surface area contributed by atoms with Crippen LogP contribution in [0.2, 0.25) is 0 Å². The van der Waals surface area contributed by atoms with Gasteiger partial charge in [-0.15, -0.1) is 0 Å². The monoisotopic (exact) mass is 456 g/mol. The molecule has 33 heavy (non-hydrogen) atoms. The molecule has 0 unspecified atom stereocenters. The average Bonchev–Trinajstić information content (AvgIpc) is 3.54. The number of benzene rings is 1.